The number of anilines is 2. The number of para-hydroxylation sites is 1. The van der Waals surface area contributed by atoms with E-state index in [9.17, 15) is 0 Å². The summed E-state index contributed by atoms with van der Waals surface area (Å²) in [6.07, 6.45) is 0. The van der Waals surface area contributed by atoms with Crippen molar-refractivity contribution in [1.29, 1.82) is 0 Å². The monoisotopic (exact) mass is 287 g/mol. The van der Waals surface area contributed by atoms with Crippen LogP contribution in [0.5, 0.6) is 0 Å². The van der Waals surface area contributed by atoms with Gasteiger partial charge in [0.15, 0.2) is 5.58 Å². The van der Waals surface area contributed by atoms with Crippen LogP contribution >= 0.6 is 11.6 Å². The molecule has 3 aromatic rings. The molecule has 0 saturated carbocycles. The maximum atomic E-state index is 6.18. The molecule has 0 aliphatic carbocycles. The summed E-state index contributed by atoms with van der Waals surface area (Å²) in [6.45, 7) is 2.00. The predicted molar refractivity (Wildman–Crippen MR) is 81.9 cm³/mol. The van der Waals surface area contributed by atoms with Crippen LogP contribution < -0.4 is 11.1 Å². The number of hydrogen-bond donors (Lipinski definition) is 2. The Labute approximate surface area is 121 Å². The normalized spacial score (nSPS) is 12.5. The molecule has 0 aliphatic heterocycles. The van der Waals surface area contributed by atoms with Crippen LogP contribution in [-0.2, 0) is 0 Å². The Morgan fingerprint density at radius 2 is 2.00 bits per heavy atom. The molecule has 1 aromatic heterocycles. The summed E-state index contributed by atoms with van der Waals surface area (Å²) in [5.74, 6) is 0. The molecular weight excluding hydrogens is 274 g/mol. The molecule has 2 aromatic carbocycles. The minimum atomic E-state index is -0.0158. The summed E-state index contributed by atoms with van der Waals surface area (Å²) < 4.78 is 5.64. The number of nitrogens with two attached hydrogens (primary N) is 1. The van der Waals surface area contributed by atoms with Gasteiger partial charge in [-0.05, 0) is 30.7 Å². The highest BCUT2D eigenvalue weighted by Crippen LogP contribution is 2.28. The van der Waals surface area contributed by atoms with Crippen molar-refractivity contribution in [2.75, 3.05) is 11.1 Å². The summed E-state index contributed by atoms with van der Waals surface area (Å²) in [5.41, 5.74) is 8.79. The topological polar surface area (TPSA) is 64.1 Å². The molecule has 0 radical (unpaired) electrons. The molecule has 0 amide bonds. The van der Waals surface area contributed by atoms with E-state index in [0.717, 1.165) is 5.56 Å². The Balaban J connectivity index is 1.90. The fourth-order valence-corrected chi connectivity index (χ4v) is 2.42. The number of nitrogens with zero attached hydrogens (tertiary/aromatic N) is 1. The Bertz CT molecular complexity index is 754. The van der Waals surface area contributed by atoms with E-state index in [0.29, 0.717) is 27.8 Å². The third kappa shape index (κ3) is 2.30. The van der Waals surface area contributed by atoms with Gasteiger partial charge in [0.2, 0.25) is 0 Å². The number of hydrogen-bond acceptors (Lipinski definition) is 4. The van der Waals surface area contributed by atoms with Crippen molar-refractivity contribution in [1.82, 2.24) is 4.98 Å². The molecule has 102 valence electrons. The third-order valence-corrected chi connectivity index (χ3v) is 3.51. The SMILES string of the molecule is CC(Nc1nc2c(N)cccc2o1)c1ccccc1Cl. The van der Waals surface area contributed by atoms with E-state index >= 15 is 0 Å². The Morgan fingerprint density at radius 3 is 2.75 bits per heavy atom. The van der Waals surface area contributed by atoms with Gasteiger partial charge in [0.25, 0.3) is 6.01 Å². The number of halogens is 1. The van der Waals surface area contributed by atoms with Crippen molar-refractivity contribution in [3.05, 3.63) is 53.1 Å². The number of oxazole rings is 1. The molecule has 1 unspecified atom stereocenters. The molecule has 0 aliphatic rings. The van der Waals surface area contributed by atoms with Gasteiger partial charge < -0.3 is 15.5 Å². The zero-order chi connectivity index (χ0) is 14.1. The lowest BCUT2D eigenvalue weighted by Gasteiger charge is -2.13. The molecule has 3 N–H and O–H groups in total. The summed E-state index contributed by atoms with van der Waals surface area (Å²) in [4.78, 5) is 4.36. The minimum absolute atomic E-state index is 0.0158. The number of rotatable bonds is 3. The van der Waals surface area contributed by atoms with Crippen molar-refractivity contribution in [3.8, 4) is 0 Å². The fraction of sp³-hybridized carbons (Fsp3) is 0.133. The molecule has 0 spiro atoms. The van der Waals surface area contributed by atoms with Crippen LogP contribution in [0.2, 0.25) is 5.02 Å². The van der Waals surface area contributed by atoms with E-state index in [1.54, 1.807) is 6.07 Å². The highest BCUT2D eigenvalue weighted by molar-refractivity contribution is 6.31. The smallest absolute Gasteiger partial charge is 0.296 e. The highest BCUT2D eigenvalue weighted by atomic mass is 35.5. The van der Waals surface area contributed by atoms with Crippen molar-refractivity contribution < 1.29 is 4.42 Å². The highest BCUT2D eigenvalue weighted by Gasteiger charge is 2.13. The van der Waals surface area contributed by atoms with E-state index in [1.165, 1.54) is 0 Å². The van der Waals surface area contributed by atoms with Crippen LogP contribution in [0.1, 0.15) is 18.5 Å². The average Bonchev–Trinajstić information content (AvgIpc) is 2.83. The van der Waals surface area contributed by atoms with Gasteiger partial charge in [-0.3, -0.25) is 0 Å². The quantitative estimate of drug-likeness (QED) is 0.707. The maximum absolute atomic E-state index is 6.18. The Kier molecular flexibility index (Phi) is 3.24. The van der Waals surface area contributed by atoms with Gasteiger partial charge in [-0.2, -0.15) is 4.98 Å². The average molecular weight is 288 g/mol. The standard InChI is InChI=1S/C15H14ClN3O/c1-9(10-5-2-3-6-11(10)16)18-15-19-14-12(17)7-4-8-13(14)20-15/h2-9H,17H2,1H3,(H,18,19). The van der Waals surface area contributed by atoms with Crippen LogP contribution in [0.4, 0.5) is 11.7 Å². The Morgan fingerprint density at radius 1 is 1.20 bits per heavy atom. The zero-order valence-corrected chi connectivity index (χ0v) is 11.7. The van der Waals surface area contributed by atoms with Gasteiger partial charge in [-0.1, -0.05) is 35.9 Å². The molecule has 1 atom stereocenters. The van der Waals surface area contributed by atoms with Crippen LogP contribution in [0.15, 0.2) is 46.9 Å². The zero-order valence-electron chi connectivity index (χ0n) is 10.9. The Hall–Kier alpha value is -2.20. The van der Waals surface area contributed by atoms with Crippen LogP contribution in [0.25, 0.3) is 11.1 Å². The molecule has 0 bridgehead atoms. The lowest BCUT2D eigenvalue weighted by Crippen LogP contribution is -2.07. The molecular formula is C15H14ClN3O. The van der Waals surface area contributed by atoms with E-state index in [2.05, 4.69) is 10.3 Å². The largest absolute Gasteiger partial charge is 0.423 e. The molecule has 0 saturated heterocycles. The summed E-state index contributed by atoms with van der Waals surface area (Å²) in [7, 11) is 0. The minimum Gasteiger partial charge on any atom is -0.423 e. The molecule has 4 nitrogen and oxygen atoms in total. The summed E-state index contributed by atoms with van der Waals surface area (Å²) in [5, 5.41) is 3.91. The second-order valence-corrected chi connectivity index (χ2v) is 5.01. The van der Waals surface area contributed by atoms with Gasteiger partial charge in [0.05, 0.1) is 11.7 Å². The van der Waals surface area contributed by atoms with Crippen molar-refractivity contribution >= 4 is 34.4 Å². The predicted octanol–water partition coefficient (Wildman–Crippen LogP) is 4.24. The number of nitrogen functional groups attached to an aromatic ring is 1. The van der Waals surface area contributed by atoms with Gasteiger partial charge in [0.1, 0.15) is 5.52 Å². The van der Waals surface area contributed by atoms with Crippen molar-refractivity contribution in [3.63, 3.8) is 0 Å². The second kappa shape index (κ2) is 5.06. The second-order valence-electron chi connectivity index (χ2n) is 4.60. The van der Waals surface area contributed by atoms with Crippen LogP contribution in [0.3, 0.4) is 0 Å². The number of benzene rings is 2. The number of nitrogens with one attached hydrogen (secondary N) is 1. The first-order valence-corrected chi connectivity index (χ1v) is 6.69. The van der Waals surface area contributed by atoms with Gasteiger partial charge in [-0.15, -0.1) is 0 Å². The summed E-state index contributed by atoms with van der Waals surface area (Å²) in [6, 6.07) is 13.6. The molecule has 0 fully saturated rings. The summed E-state index contributed by atoms with van der Waals surface area (Å²) >= 11 is 6.18. The molecule has 20 heavy (non-hydrogen) atoms. The first-order chi connectivity index (χ1) is 9.65. The molecule has 5 heteroatoms. The van der Waals surface area contributed by atoms with Crippen LogP contribution in [-0.4, -0.2) is 4.98 Å². The van der Waals surface area contributed by atoms with E-state index in [-0.39, 0.29) is 6.04 Å². The van der Waals surface area contributed by atoms with E-state index in [4.69, 9.17) is 21.8 Å². The molecule has 3 rings (SSSR count). The lowest BCUT2D eigenvalue weighted by molar-refractivity contribution is 0.604. The number of fused-ring (bicyclic) bond motifs is 1. The first kappa shape index (κ1) is 12.8. The first-order valence-electron chi connectivity index (χ1n) is 6.31. The van der Waals surface area contributed by atoms with Crippen molar-refractivity contribution in [2.45, 2.75) is 13.0 Å². The molecule has 1 heterocycles. The van der Waals surface area contributed by atoms with Gasteiger partial charge in [0, 0.05) is 5.02 Å². The van der Waals surface area contributed by atoms with Crippen molar-refractivity contribution in [2.24, 2.45) is 0 Å². The van der Waals surface area contributed by atoms with E-state index < -0.39 is 0 Å². The van der Waals surface area contributed by atoms with Gasteiger partial charge in [-0.25, -0.2) is 0 Å². The van der Waals surface area contributed by atoms with E-state index in [1.807, 2.05) is 43.3 Å². The lowest BCUT2D eigenvalue weighted by atomic mass is 10.1. The maximum Gasteiger partial charge on any atom is 0.296 e. The van der Waals surface area contributed by atoms with Crippen LogP contribution in [0, 0.1) is 0 Å². The third-order valence-electron chi connectivity index (χ3n) is 3.16. The number of aromatic nitrogens is 1. The van der Waals surface area contributed by atoms with Gasteiger partial charge >= 0.3 is 0 Å². The fourth-order valence-electron chi connectivity index (χ4n) is 2.12.